The molecule has 2 heterocycles. The van der Waals surface area contributed by atoms with E-state index in [1.165, 1.54) is 16.8 Å². The smallest absolute Gasteiger partial charge is 0.274 e. The number of imidazole rings is 1. The van der Waals surface area contributed by atoms with Gasteiger partial charge in [0.2, 0.25) is 0 Å². The van der Waals surface area contributed by atoms with E-state index >= 15 is 0 Å². The fourth-order valence-electron chi connectivity index (χ4n) is 3.45. The Labute approximate surface area is 174 Å². The summed E-state index contributed by atoms with van der Waals surface area (Å²) < 4.78 is 3.33. The Hall–Kier alpha value is -3.74. The first kappa shape index (κ1) is 19.6. The van der Waals surface area contributed by atoms with Gasteiger partial charge in [-0.2, -0.15) is 5.10 Å². The number of carbonyl (C=O) groups excluding carboxylic acids is 1. The maximum absolute atomic E-state index is 12.9. The van der Waals surface area contributed by atoms with E-state index in [1.54, 1.807) is 11.9 Å². The molecule has 7 heteroatoms. The number of hydrogen-bond acceptors (Lipinski definition) is 4. The maximum atomic E-state index is 12.9. The molecule has 2 aromatic heterocycles. The Morgan fingerprint density at radius 2 is 1.80 bits per heavy atom. The molecule has 1 unspecified atom stereocenters. The highest BCUT2D eigenvalue weighted by atomic mass is 16.2. The molecular formula is C23H23N5O2. The van der Waals surface area contributed by atoms with Crippen LogP contribution >= 0.6 is 0 Å². The summed E-state index contributed by atoms with van der Waals surface area (Å²) in [5.74, 6) is -0.227. The third-order valence-electron chi connectivity index (χ3n) is 5.39. The molecule has 1 atom stereocenters. The van der Waals surface area contributed by atoms with Gasteiger partial charge in [0.15, 0.2) is 0 Å². The van der Waals surface area contributed by atoms with Gasteiger partial charge in [0, 0.05) is 25.3 Å². The van der Waals surface area contributed by atoms with Crippen LogP contribution in [0.2, 0.25) is 0 Å². The highest BCUT2D eigenvalue weighted by Gasteiger charge is 2.21. The van der Waals surface area contributed by atoms with Crippen LogP contribution in [0.25, 0.3) is 16.7 Å². The van der Waals surface area contributed by atoms with E-state index in [4.69, 9.17) is 0 Å². The summed E-state index contributed by atoms with van der Waals surface area (Å²) >= 11 is 0. The van der Waals surface area contributed by atoms with Crippen molar-refractivity contribution in [1.82, 2.24) is 24.2 Å². The third kappa shape index (κ3) is 3.50. The van der Waals surface area contributed by atoms with Crippen molar-refractivity contribution >= 4 is 16.9 Å². The molecule has 0 aliphatic heterocycles. The van der Waals surface area contributed by atoms with Crippen LogP contribution < -0.4 is 5.56 Å². The minimum atomic E-state index is -0.227. The van der Waals surface area contributed by atoms with Gasteiger partial charge in [0.25, 0.3) is 11.5 Å². The second-order valence-corrected chi connectivity index (χ2v) is 7.16. The average molecular weight is 401 g/mol. The fourth-order valence-corrected chi connectivity index (χ4v) is 3.45. The molecule has 0 aliphatic carbocycles. The lowest BCUT2D eigenvalue weighted by molar-refractivity contribution is 0.0734. The monoisotopic (exact) mass is 401 g/mol. The van der Waals surface area contributed by atoms with Crippen molar-refractivity contribution in [3.8, 4) is 5.69 Å². The first-order valence-corrected chi connectivity index (χ1v) is 9.87. The van der Waals surface area contributed by atoms with E-state index in [1.807, 2.05) is 73.3 Å². The molecule has 0 N–H and O–H groups in total. The number of aromatic nitrogens is 4. The number of amides is 1. The predicted molar refractivity (Wildman–Crippen MR) is 116 cm³/mol. The standard InChI is InChI=1S/C23H23N5O2/c1-4-28-22(29)14-13-20(25-28)23(30)26(3)16(2)17-9-11-18(12-10-17)27-15-24-19-7-5-6-8-21(19)27/h5-16H,4H2,1-3H3. The van der Waals surface area contributed by atoms with Crippen molar-refractivity contribution < 1.29 is 4.79 Å². The van der Waals surface area contributed by atoms with Gasteiger partial charge in [-0.1, -0.05) is 24.3 Å². The molecule has 4 rings (SSSR count). The van der Waals surface area contributed by atoms with Crippen LogP contribution in [0, 0.1) is 0 Å². The first-order valence-electron chi connectivity index (χ1n) is 9.87. The summed E-state index contributed by atoms with van der Waals surface area (Å²) in [4.78, 5) is 30.7. The van der Waals surface area contributed by atoms with Crippen LogP contribution in [0.15, 0.2) is 71.8 Å². The van der Waals surface area contributed by atoms with Crippen molar-refractivity contribution in [2.45, 2.75) is 26.4 Å². The molecule has 152 valence electrons. The van der Waals surface area contributed by atoms with Gasteiger partial charge in [-0.15, -0.1) is 0 Å². The molecule has 0 radical (unpaired) electrons. The van der Waals surface area contributed by atoms with Crippen LogP contribution in [-0.4, -0.2) is 37.2 Å². The van der Waals surface area contributed by atoms with E-state index in [-0.39, 0.29) is 23.2 Å². The minimum absolute atomic E-state index is 0.158. The van der Waals surface area contributed by atoms with Crippen LogP contribution in [-0.2, 0) is 6.54 Å². The molecule has 30 heavy (non-hydrogen) atoms. The maximum Gasteiger partial charge on any atom is 0.274 e. The van der Waals surface area contributed by atoms with Crippen LogP contribution in [0.4, 0.5) is 0 Å². The zero-order valence-corrected chi connectivity index (χ0v) is 17.2. The summed E-state index contributed by atoms with van der Waals surface area (Å²) in [6.07, 6.45) is 1.81. The lowest BCUT2D eigenvalue weighted by atomic mass is 10.1. The second kappa shape index (κ2) is 7.94. The number of nitrogens with zero attached hydrogens (tertiary/aromatic N) is 5. The molecule has 7 nitrogen and oxygen atoms in total. The quantitative estimate of drug-likeness (QED) is 0.514. The molecule has 2 aromatic carbocycles. The number of aryl methyl sites for hydroxylation is 1. The average Bonchev–Trinajstić information content (AvgIpc) is 3.22. The van der Waals surface area contributed by atoms with Crippen molar-refractivity contribution in [3.05, 3.63) is 88.6 Å². The van der Waals surface area contributed by atoms with Gasteiger partial charge in [-0.3, -0.25) is 14.2 Å². The zero-order chi connectivity index (χ0) is 21.3. The Kier molecular flexibility index (Phi) is 5.18. The molecule has 0 fully saturated rings. The van der Waals surface area contributed by atoms with E-state index in [0.29, 0.717) is 6.54 Å². The normalized spacial score (nSPS) is 12.1. The van der Waals surface area contributed by atoms with Crippen molar-refractivity contribution in [3.63, 3.8) is 0 Å². The largest absolute Gasteiger partial charge is 0.334 e. The van der Waals surface area contributed by atoms with Gasteiger partial charge in [0.05, 0.1) is 17.1 Å². The van der Waals surface area contributed by atoms with E-state index in [2.05, 4.69) is 10.1 Å². The predicted octanol–water partition coefficient (Wildman–Crippen LogP) is 3.44. The SMILES string of the molecule is CCn1nc(C(=O)N(C)C(C)c2ccc(-n3cnc4ccccc43)cc2)ccc1=O. The summed E-state index contributed by atoms with van der Waals surface area (Å²) in [7, 11) is 1.74. The van der Waals surface area contributed by atoms with E-state index < -0.39 is 0 Å². The lowest BCUT2D eigenvalue weighted by Crippen LogP contribution is -2.32. The van der Waals surface area contributed by atoms with Crippen molar-refractivity contribution in [2.75, 3.05) is 7.05 Å². The molecule has 1 amide bonds. The molecule has 0 spiro atoms. The second-order valence-electron chi connectivity index (χ2n) is 7.16. The Morgan fingerprint density at radius 1 is 1.07 bits per heavy atom. The molecular weight excluding hydrogens is 378 g/mol. The Balaban J connectivity index is 1.56. The van der Waals surface area contributed by atoms with Crippen molar-refractivity contribution in [2.24, 2.45) is 0 Å². The van der Waals surface area contributed by atoms with Gasteiger partial charge in [-0.25, -0.2) is 9.67 Å². The van der Waals surface area contributed by atoms with Crippen LogP contribution in [0.3, 0.4) is 0 Å². The van der Waals surface area contributed by atoms with Gasteiger partial charge < -0.3 is 4.90 Å². The van der Waals surface area contributed by atoms with Crippen molar-refractivity contribution in [1.29, 1.82) is 0 Å². The van der Waals surface area contributed by atoms with Gasteiger partial charge >= 0.3 is 0 Å². The Morgan fingerprint density at radius 3 is 2.53 bits per heavy atom. The van der Waals surface area contributed by atoms with Crippen LogP contribution in [0.1, 0.15) is 35.9 Å². The third-order valence-corrected chi connectivity index (χ3v) is 5.39. The molecule has 0 aliphatic rings. The number of carbonyl (C=O) groups is 1. The minimum Gasteiger partial charge on any atom is -0.334 e. The van der Waals surface area contributed by atoms with E-state index in [9.17, 15) is 9.59 Å². The highest BCUT2D eigenvalue weighted by Crippen LogP contribution is 2.23. The van der Waals surface area contributed by atoms with E-state index in [0.717, 1.165) is 22.3 Å². The topological polar surface area (TPSA) is 73.0 Å². The first-order chi connectivity index (χ1) is 14.5. The van der Waals surface area contributed by atoms with Gasteiger partial charge in [-0.05, 0) is 49.7 Å². The number of fused-ring (bicyclic) bond motifs is 1. The molecule has 0 saturated heterocycles. The van der Waals surface area contributed by atoms with Gasteiger partial charge in [0.1, 0.15) is 12.0 Å². The molecule has 0 bridgehead atoms. The molecule has 4 aromatic rings. The summed E-state index contributed by atoms with van der Waals surface area (Å²) in [5.41, 5.74) is 4.04. The summed E-state index contributed by atoms with van der Waals surface area (Å²) in [6.45, 7) is 4.21. The number of hydrogen-bond donors (Lipinski definition) is 0. The number of rotatable bonds is 5. The Bertz CT molecular complexity index is 1260. The lowest BCUT2D eigenvalue weighted by Gasteiger charge is -2.25. The number of para-hydroxylation sites is 2. The fraction of sp³-hybridized carbons (Fsp3) is 0.217. The highest BCUT2D eigenvalue weighted by molar-refractivity contribution is 5.92. The molecule has 0 saturated carbocycles. The summed E-state index contributed by atoms with van der Waals surface area (Å²) in [5, 5.41) is 4.17. The number of benzene rings is 2. The zero-order valence-electron chi connectivity index (χ0n) is 17.2. The summed E-state index contributed by atoms with van der Waals surface area (Å²) in [6, 6.07) is 18.8. The van der Waals surface area contributed by atoms with Crippen LogP contribution in [0.5, 0.6) is 0 Å².